The normalized spacial score (nSPS) is 11.0. The molecule has 0 fully saturated rings. The molecule has 114 valence electrons. The second-order valence-corrected chi connectivity index (χ2v) is 5.06. The van der Waals surface area contributed by atoms with Crippen LogP contribution < -0.4 is 0 Å². The van der Waals surface area contributed by atoms with Gasteiger partial charge in [0.25, 0.3) is 0 Å². The third-order valence-corrected chi connectivity index (χ3v) is 3.61. The largest absolute Gasteiger partial charge is 0.465 e. The molecule has 0 saturated heterocycles. The summed E-state index contributed by atoms with van der Waals surface area (Å²) in [6.45, 7) is 0. The second kappa shape index (κ2) is 6.32. The van der Waals surface area contributed by atoms with Gasteiger partial charge in [0.2, 0.25) is 0 Å². The zero-order valence-corrected chi connectivity index (χ0v) is 12.6. The number of allylic oxidation sites excluding steroid dienone is 1. The first-order chi connectivity index (χ1) is 11.2. The molecule has 0 aliphatic heterocycles. The molecule has 4 heteroatoms. The van der Waals surface area contributed by atoms with Crippen LogP contribution in [-0.2, 0) is 4.74 Å². The molecule has 1 heterocycles. The molecule has 3 aromatic rings. The van der Waals surface area contributed by atoms with E-state index < -0.39 is 0 Å². The third kappa shape index (κ3) is 3.06. The zero-order chi connectivity index (χ0) is 16.2. The maximum absolute atomic E-state index is 12.3. The van der Waals surface area contributed by atoms with E-state index in [1.165, 1.54) is 13.2 Å². The number of aromatic nitrogens is 1. The Kier molecular flexibility index (Phi) is 4.06. The lowest BCUT2D eigenvalue weighted by molar-refractivity contribution is 0.0600. The maximum atomic E-state index is 12.3. The van der Waals surface area contributed by atoms with Gasteiger partial charge in [0.1, 0.15) is 0 Å². The first kappa shape index (κ1) is 14.8. The highest BCUT2D eigenvalue weighted by molar-refractivity contribution is 6.14. The number of H-pyrrole nitrogens is 1. The van der Waals surface area contributed by atoms with Crippen molar-refractivity contribution in [3.8, 4) is 0 Å². The number of carbonyl (C=O) groups excluding carboxylic acids is 2. The number of hydrogen-bond donors (Lipinski definition) is 1. The number of ether oxygens (including phenoxy) is 1. The van der Waals surface area contributed by atoms with Crippen LogP contribution in [0, 0.1) is 0 Å². The van der Waals surface area contributed by atoms with Gasteiger partial charge in [0, 0.05) is 22.7 Å². The SMILES string of the molecule is COC(=O)c1ccc(/C=C\C(=O)c2c[nH]c3ccccc23)cc1. The Morgan fingerprint density at radius 2 is 1.78 bits per heavy atom. The number of nitrogens with one attached hydrogen (secondary N) is 1. The highest BCUT2D eigenvalue weighted by Gasteiger charge is 2.08. The predicted octanol–water partition coefficient (Wildman–Crippen LogP) is 3.85. The van der Waals surface area contributed by atoms with Crippen LogP contribution in [0.5, 0.6) is 0 Å². The Morgan fingerprint density at radius 3 is 2.52 bits per heavy atom. The Bertz CT molecular complexity index is 888. The van der Waals surface area contributed by atoms with Gasteiger partial charge in [-0.05, 0) is 29.8 Å². The summed E-state index contributed by atoms with van der Waals surface area (Å²) in [4.78, 5) is 26.8. The minimum absolute atomic E-state index is 0.0699. The lowest BCUT2D eigenvalue weighted by Crippen LogP contribution is -2.00. The Balaban J connectivity index is 1.79. The van der Waals surface area contributed by atoms with Gasteiger partial charge in [-0.25, -0.2) is 4.79 Å². The van der Waals surface area contributed by atoms with Gasteiger partial charge < -0.3 is 9.72 Å². The summed E-state index contributed by atoms with van der Waals surface area (Å²) in [5.41, 5.74) is 2.90. The lowest BCUT2D eigenvalue weighted by atomic mass is 10.1. The second-order valence-electron chi connectivity index (χ2n) is 5.06. The summed E-state index contributed by atoms with van der Waals surface area (Å²) in [5, 5.41) is 0.906. The predicted molar refractivity (Wildman–Crippen MR) is 89.4 cm³/mol. The molecule has 1 aromatic heterocycles. The average Bonchev–Trinajstić information content (AvgIpc) is 3.03. The molecule has 1 N–H and O–H groups in total. The molecule has 3 rings (SSSR count). The number of benzene rings is 2. The van der Waals surface area contributed by atoms with E-state index in [-0.39, 0.29) is 11.8 Å². The number of ketones is 1. The Labute approximate surface area is 133 Å². The van der Waals surface area contributed by atoms with Gasteiger partial charge in [0.05, 0.1) is 12.7 Å². The molecule has 0 atom stereocenters. The number of carbonyl (C=O) groups is 2. The molecule has 0 bridgehead atoms. The number of rotatable bonds is 4. The first-order valence-electron chi connectivity index (χ1n) is 7.16. The van der Waals surface area contributed by atoms with Gasteiger partial charge in [-0.1, -0.05) is 36.4 Å². The quantitative estimate of drug-likeness (QED) is 0.452. The molecule has 4 nitrogen and oxygen atoms in total. The summed E-state index contributed by atoms with van der Waals surface area (Å²) < 4.78 is 4.65. The number of esters is 1. The van der Waals surface area contributed by atoms with Crippen LogP contribution >= 0.6 is 0 Å². The van der Waals surface area contributed by atoms with Crippen LogP contribution in [0.4, 0.5) is 0 Å². The highest BCUT2D eigenvalue weighted by Crippen LogP contribution is 2.19. The van der Waals surface area contributed by atoms with Crippen molar-refractivity contribution in [2.24, 2.45) is 0 Å². The van der Waals surface area contributed by atoms with Crippen molar-refractivity contribution in [1.29, 1.82) is 0 Å². The molecule has 0 unspecified atom stereocenters. The van der Waals surface area contributed by atoms with Gasteiger partial charge >= 0.3 is 5.97 Å². The molecule has 2 aromatic carbocycles. The standard InChI is InChI=1S/C19H15NO3/c1-23-19(22)14-9-6-13(7-10-14)8-11-18(21)16-12-20-17-5-3-2-4-15(16)17/h2-12,20H,1H3/b11-8-. The molecular formula is C19H15NO3. The highest BCUT2D eigenvalue weighted by atomic mass is 16.5. The van der Waals surface area contributed by atoms with Crippen LogP contribution in [0.3, 0.4) is 0 Å². The smallest absolute Gasteiger partial charge is 0.337 e. The fourth-order valence-electron chi connectivity index (χ4n) is 2.39. The minimum Gasteiger partial charge on any atom is -0.465 e. The molecule has 0 radical (unpaired) electrons. The van der Waals surface area contributed by atoms with E-state index >= 15 is 0 Å². The average molecular weight is 305 g/mol. The van der Waals surface area contributed by atoms with Gasteiger partial charge in [-0.3, -0.25) is 4.79 Å². The van der Waals surface area contributed by atoms with Gasteiger partial charge in [-0.15, -0.1) is 0 Å². The van der Waals surface area contributed by atoms with Crippen LogP contribution in [0.25, 0.3) is 17.0 Å². The number of methoxy groups -OCH3 is 1. The number of fused-ring (bicyclic) bond motifs is 1. The molecule has 0 amide bonds. The fourth-order valence-corrected chi connectivity index (χ4v) is 2.39. The minimum atomic E-state index is -0.379. The number of para-hydroxylation sites is 1. The monoisotopic (exact) mass is 305 g/mol. The molecule has 0 saturated carbocycles. The Morgan fingerprint density at radius 1 is 1.04 bits per heavy atom. The van der Waals surface area contributed by atoms with Crippen LogP contribution in [0.15, 0.2) is 60.8 Å². The summed E-state index contributed by atoms with van der Waals surface area (Å²) in [5.74, 6) is -0.449. The van der Waals surface area contributed by atoms with Crippen LogP contribution in [0.2, 0.25) is 0 Å². The summed E-state index contributed by atoms with van der Waals surface area (Å²) in [6.07, 6.45) is 4.98. The van der Waals surface area contributed by atoms with E-state index in [1.54, 1.807) is 36.5 Å². The summed E-state index contributed by atoms with van der Waals surface area (Å²) in [6, 6.07) is 14.5. The van der Waals surface area contributed by atoms with Crippen molar-refractivity contribution in [2.75, 3.05) is 7.11 Å². The number of hydrogen-bond acceptors (Lipinski definition) is 3. The van der Waals surface area contributed by atoms with Crippen molar-refractivity contribution in [3.05, 3.63) is 77.5 Å². The van der Waals surface area contributed by atoms with E-state index in [1.807, 2.05) is 24.3 Å². The van der Waals surface area contributed by atoms with E-state index in [9.17, 15) is 9.59 Å². The molecule has 0 aliphatic carbocycles. The Hall–Kier alpha value is -3.14. The zero-order valence-electron chi connectivity index (χ0n) is 12.6. The molecule has 23 heavy (non-hydrogen) atoms. The topological polar surface area (TPSA) is 59.2 Å². The first-order valence-corrected chi connectivity index (χ1v) is 7.16. The van der Waals surface area contributed by atoms with Crippen LogP contribution in [0.1, 0.15) is 26.3 Å². The van der Waals surface area contributed by atoms with Crippen molar-refractivity contribution in [2.45, 2.75) is 0 Å². The van der Waals surface area contributed by atoms with Crippen molar-refractivity contribution < 1.29 is 14.3 Å². The molecule has 0 spiro atoms. The van der Waals surface area contributed by atoms with E-state index in [4.69, 9.17) is 0 Å². The van der Waals surface area contributed by atoms with E-state index in [2.05, 4.69) is 9.72 Å². The molecular weight excluding hydrogens is 290 g/mol. The molecule has 0 aliphatic rings. The van der Waals surface area contributed by atoms with Crippen molar-refractivity contribution in [1.82, 2.24) is 4.98 Å². The van der Waals surface area contributed by atoms with Gasteiger partial charge in [0.15, 0.2) is 5.78 Å². The van der Waals surface area contributed by atoms with E-state index in [0.29, 0.717) is 11.1 Å². The summed E-state index contributed by atoms with van der Waals surface area (Å²) in [7, 11) is 1.34. The van der Waals surface area contributed by atoms with E-state index in [0.717, 1.165) is 16.5 Å². The third-order valence-electron chi connectivity index (χ3n) is 3.61. The summed E-state index contributed by atoms with van der Waals surface area (Å²) >= 11 is 0. The lowest BCUT2D eigenvalue weighted by Gasteiger charge is -1.99. The number of aromatic amines is 1. The maximum Gasteiger partial charge on any atom is 0.337 e. The van der Waals surface area contributed by atoms with Crippen molar-refractivity contribution in [3.63, 3.8) is 0 Å². The van der Waals surface area contributed by atoms with Crippen LogP contribution in [-0.4, -0.2) is 23.8 Å². The van der Waals surface area contributed by atoms with Crippen molar-refractivity contribution >= 4 is 28.7 Å². The van der Waals surface area contributed by atoms with Gasteiger partial charge in [-0.2, -0.15) is 0 Å². The fraction of sp³-hybridized carbons (Fsp3) is 0.0526.